The Morgan fingerprint density at radius 1 is 1.35 bits per heavy atom. The number of nitrogens with zero attached hydrogens (tertiary/aromatic N) is 1. The van der Waals surface area contributed by atoms with Gasteiger partial charge in [-0.1, -0.05) is 19.9 Å². The first-order valence-electron chi connectivity index (χ1n) is 5.89. The van der Waals surface area contributed by atoms with Crippen LogP contribution in [0.1, 0.15) is 42.9 Å². The van der Waals surface area contributed by atoms with Gasteiger partial charge in [0.2, 0.25) is 0 Å². The van der Waals surface area contributed by atoms with Crippen molar-refractivity contribution in [3.63, 3.8) is 0 Å². The molecule has 0 radical (unpaired) electrons. The van der Waals surface area contributed by atoms with E-state index in [1.807, 2.05) is 38.1 Å². The van der Waals surface area contributed by atoms with E-state index in [9.17, 15) is 5.11 Å². The molecule has 0 aliphatic heterocycles. The average Bonchev–Trinajstić information content (AvgIpc) is 2.86. The molecule has 3 nitrogen and oxygen atoms in total. The summed E-state index contributed by atoms with van der Waals surface area (Å²) in [4.78, 5) is 4.27. The van der Waals surface area contributed by atoms with E-state index in [4.69, 9.17) is 4.42 Å². The van der Waals surface area contributed by atoms with Gasteiger partial charge in [0.1, 0.15) is 5.76 Å². The molecule has 0 fully saturated rings. The largest absolute Gasteiger partial charge is 0.469 e. The lowest BCUT2D eigenvalue weighted by atomic mass is 9.94. The SMILES string of the molecule is CCc1occc1C(O)C(C)c1ccccn1. The Hall–Kier alpha value is -1.61. The minimum absolute atomic E-state index is 0.0425. The van der Waals surface area contributed by atoms with Gasteiger partial charge < -0.3 is 9.52 Å². The van der Waals surface area contributed by atoms with Crippen molar-refractivity contribution in [2.24, 2.45) is 0 Å². The number of furan rings is 1. The summed E-state index contributed by atoms with van der Waals surface area (Å²) in [5.41, 5.74) is 1.76. The van der Waals surface area contributed by atoms with E-state index in [0.717, 1.165) is 23.4 Å². The third kappa shape index (κ3) is 2.39. The standard InChI is InChI=1S/C14H17NO2/c1-3-13-11(7-9-17-13)14(16)10(2)12-6-4-5-8-15-12/h4-10,14,16H,3H2,1-2H3. The van der Waals surface area contributed by atoms with Crippen molar-refractivity contribution in [2.45, 2.75) is 32.3 Å². The molecule has 0 amide bonds. The smallest absolute Gasteiger partial charge is 0.109 e. The summed E-state index contributed by atoms with van der Waals surface area (Å²) in [5, 5.41) is 10.3. The van der Waals surface area contributed by atoms with Crippen LogP contribution < -0.4 is 0 Å². The number of aliphatic hydroxyl groups is 1. The molecule has 2 atom stereocenters. The van der Waals surface area contributed by atoms with Crippen LogP contribution in [0.15, 0.2) is 41.1 Å². The van der Waals surface area contributed by atoms with E-state index < -0.39 is 6.10 Å². The minimum Gasteiger partial charge on any atom is -0.469 e. The fourth-order valence-corrected chi connectivity index (χ4v) is 1.98. The number of pyridine rings is 1. The molecule has 17 heavy (non-hydrogen) atoms. The fraction of sp³-hybridized carbons (Fsp3) is 0.357. The third-order valence-electron chi connectivity index (χ3n) is 3.05. The molecule has 90 valence electrons. The predicted octanol–water partition coefficient (Wildman–Crippen LogP) is 3.07. The lowest BCUT2D eigenvalue weighted by molar-refractivity contribution is 0.147. The van der Waals surface area contributed by atoms with Crippen LogP contribution >= 0.6 is 0 Å². The number of hydrogen-bond donors (Lipinski definition) is 1. The number of hydrogen-bond acceptors (Lipinski definition) is 3. The molecule has 2 heterocycles. The van der Waals surface area contributed by atoms with E-state index in [1.54, 1.807) is 12.5 Å². The van der Waals surface area contributed by atoms with Gasteiger partial charge in [-0.05, 0) is 18.2 Å². The van der Waals surface area contributed by atoms with Crippen molar-refractivity contribution < 1.29 is 9.52 Å². The van der Waals surface area contributed by atoms with Gasteiger partial charge in [-0.15, -0.1) is 0 Å². The van der Waals surface area contributed by atoms with E-state index in [-0.39, 0.29) is 5.92 Å². The van der Waals surface area contributed by atoms with Gasteiger partial charge in [0.05, 0.1) is 12.4 Å². The Bertz CT molecular complexity index is 464. The highest BCUT2D eigenvalue weighted by Gasteiger charge is 2.22. The van der Waals surface area contributed by atoms with Crippen LogP contribution in [0, 0.1) is 0 Å². The Morgan fingerprint density at radius 3 is 2.82 bits per heavy atom. The fourth-order valence-electron chi connectivity index (χ4n) is 1.98. The zero-order valence-electron chi connectivity index (χ0n) is 10.1. The Kier molecular flexibility index (Phi) is 3.59. The van der Waals surface area contributed by atoms with Crippen molar-refractivity contribution in [1.82, 2.24) is 4.98 Å². The van der Waals surface area contributed by atoms with Crippen LogP contribution in [-0.4, -0.2) is 10.1 Å². The van der Waals surface area contributed by atoms with Crippen LogP contribution in [0.25, 0.3) is 0 Å². The quantitative estimate of drug-likeness (QED) is 0.879. The summed E-state index contributed by atoms with van der Waals surface area (Å²) in [6.45, 7) is 3.99. The van der Waals surface area contributed by atoms with E-state index in [2.05, 4.69) is 4.98 Å². The highest BCUT2D eigenvalue weighted by molar-refractivity contribution is 5.24. The second-order valence-corrected chi connectivity index (χ2v) is 4.14. The highest BCUT2D eigenvalue weighted by Crippen LogP contribution is 2.31. The second kappa shape index (κ2) is 5.15. The molecule has 0 bridgehead atoms. The maximum atomic E-state index is 10.3. The molecule has 0 aliphatic carbocycles. The lowest BCUT2D eigenvalue weighted by Gasteiger charge is -2.18. The maximum Gasteiger partial charge on any atom is 0.109 e. The van der Waals surface area contributed by atoms with Gasteiger partial charge in [-0.3, -0.25) is 4.98 Å². The highest BCUT2D eigenvalue weighted by atomic mass is 16.3. The molecule has 2 aromatic heterocycles. The van der Waals surface area contributed by atoms with Crippen molar-refractivity contribution in [3.8, 4) is 0 Å². The minimum atomic E-state index is -0.571. The second-order valence-electron chi connectivity index (χ2n) is 4.14. The molecule has 2 aromatic rings. The molecule has 2 rings (SSSR count). The maximum absolute atomic E-state index is 10.3. The van der Waals surface area contributed by atoms with E-state index >= 15 is 0 Å². The van der Waals surface area contributed by atoms with Crippen molar-refractivity contribution in [1.29, 1.82) is 0 Å². The number of aliphatic hydroxyl groups excluding tert-OH is 1. The summed E-state index contributed by atoms with van der Waals surface area (Å²) >= 11 is 0. The average molecular weight is 231 g/mol. The Balaban J connectivity index is 2.23. The molecular formula is C14H17NO2. The van der Waals surface area contributed by atoms with Gasteiger partial charge in [0.25, 0.3) is 0 Å². The van der Waals surface area contributed by atoms with Crippen LogP contribution in [0.2, 0.25) is 0 Å². The molecule has 0 saturated carbocycles. The third-order valence-corrected chi connectivity index (χ3v) is 3.05. The number of aryl methyl sites for hydroxylation is 1. The zero-order chi connectivity index (χ0) is 12.3. The molecular weight excluding hydrogens is 214 g/mol. The summed E-state index contributed by atoms with van der Waals surface area (Å²) in [6, 6.07) is 7.57. The summed E-state index contributed by atoms with van der Waals surface area (Å²) in [6.07, 6.45) is 3.59. The molecule has 2 unspecified atom stereocenters. The van der Waals surface area contributed by atoms with Crippen molar-refractivity contribution in [2.75, 3.05) is 0 Å². The zero-order valence-corrected chi connectivity index (χ0v) is 10.1. The van der Waals surface area contributed by atoms with Crippen LogP contribution in [-0.2, 0) is 6.42 Å². The summed E-state index contributed by atoms with van der Waals surface area (Å²) in [7, 11) is 0. The predicted molar refractivity (Wildman–Crippen MR) is 65.7 cm³/mol. The molecule has 0 aliphatic rings. The van der Waals surface area contributed by atoms with Gasteiger partial charge >= 0.3 is 0 Å². The topological polar surface area (TPSA) is 46.3 Å². The lowest BCUT2D eigenvalue weighted by Crippen LogP contribution is -2.09. The van der Waals surface area contributed by atoms with Gasteiger partial charge in [0, 0.05) is 29.8 Å². The molecule has 0 spiro atoms. The number of rotatable bonds is 4. The first kappa shape index (κ1) is 11.9. The van der Waals surface area contributed by atoms with Gasteiger partial charge in [0.15, 0.2) is 0 Å². The first-order valence-corrected chi connectivity index (χ1v) is 5.89. The van der Waals surface area contributed by atoms with Crippen molar-refractivity contribution in [3.05, 3.63) is 53.7 Å². The summed E-state index contributed by atoms with van der Waals surface area (Å²) in [5.74, 6) is 0.805. The van der Waals surface area contributed by atoms with Crippen LogP contribution in [0.5, 0.6) is 0 Å². The van der Waals surface area contributed by atoms with Gasteiger partial charge in [-0.2, -0.15) is 0 Å². The Morgan fingerprint density at radius 2 is 2.18 bits per heavy atom. The van der Waals surface area contributed by atoms with E-state index in [1.165, 1.54) is 0 Å². The molecule has 0 saturated heterocycles. The van der Waals surface area contributed by atoms with Crippen LogP contribution in [0.4, 0.5) is 0 Å². The first-order chi connectivity index (χ1) is 8.24. The Labute approximate surface area is 101 Å². The monoisotopic (exact) mass is 231 g/mol. The normalized spacial score (nSPS) is 14.5. The van der Waals surface area contributed by atoms with Gasteiger partial charge in [-0.25, -0.2) is 0 Å². The number of aromatic nitrogens is 1. The van der Waals surface area contributed by atoms with Crippen molar-refractivity contribution >= 4 is 0 Å². The molecule has 3 heteroatoms. The summed E-state index contributed by atoms with van der Waals surface area (Å²) < 4.78 is 5.34. The molecule has 0 aromatic carbocycles. The van der Waals surface area contributed by atoms with E-state index in [0.29, 0.717) is 0 Å². The molecule has 1 N–H and O–H groups in total. The van der Waals surface area contributed by atoms with Crippen LogP contribution in [0.3, 0.4) is 0 Å².